The van der Waals surface area contributed by atoms with Gasteiger partial charge < -0.3 is 14.9 Å². The van der Waals surface area contributed by atoms with Crippen LogP contribution in [0.2, 0.25) is 0 Å². The minimum absolute atomic E-state index is 0.0348. The molecule has 3 saturated heterocycles. The van der Waals surface area contributed by atoms with Crippen molar-refractivity contribution in [2.24, 2.45) is 5.92 Å². The van der Waals surface area contributed by atoms with E-state index in [1.807, 2.05) is 12.1 Å². The van der Waals surface area contributed by atoms with Crippen LogP contribution in [0.5, 0.6) is 0 Å². The minimum Gasteiger partial charge on any atom is -0.473 e. The predicted octanol–water partition coefficient (Wildman–Crippen LogP) is 5.67. The summed E-state index contributed by atoms with van der Waals surface area (Å²) in [5, 5.41) is 14.8. The van der Waals surface area contributed by atoms with E-state index in [4.69, 9.17) is 24.5 Å². The standard InChI is InChI=1S/C28H28F3NO.C2H2O4/c29-28(30,31)24-13-7-8-20(18-24)19-33-27-23-14-16-32(17-15-23)26(27)25(21-9-3-1-4-10-21)22-11-5-2-6-12-22;3-1(4)2(5)6/h1-13,18,23,25-27H,14-17,19H2;(H,3,4)(H,5,6). The minimum atomic E-state index is -4.35. The van der Waals surface area contributed by atoms with E-state index in [2.05, 4.69) is 53.4 Å². The summed E-state index contributed by atoms with van der Waals surface area (Å²) in [6.07, 6.45) is -2.24. The van der Waals surface area contributed by atoms with E-state index in [1.54, 1.807) is 6.07 Å². The molecule has 0 aromatic heterocycles. The first-order chi connectivity index (χ1) is 18.6. The fourth-order valence-electron chi connectivity index (χ4n) is 5.61. The second kappa shape index (κ2) is 12.4. The third-order valence-electron chi connectivity index (χ3n) is 7.34. The zero-order valence-corrected chi connectivity index (χ0v) is 21.1. The van der Waals surface area contributed by atoms with E-state index in [-0.39, 0.29) is 24.7 Å². The Morgan fingerprint density at radius 1 is 0.846 bits per heavy atom. The Balaban J connectivity index is 0.000000531. The predicted molar refractivity (Wildman–Crippen MR) is 138 cm³/mol. The molecule has 0 saturated carbocycles. The molecule has 6 rings (SSSR count). The lowest BCUT2D eigenvalue weighted by Crippen LogP contribution is -2.60. The lowest BCUT2D eigenvalue weighted by atomic mass is 9.72. The van der Waals surface area contributed by atoms with Crippen LogP contribution in [0.15, 0.2) is 84.9 Å². The second-order valence-electron chi connectivity index (χ2n) is 9.75. The summed E-state index contributed by atoms with van der Waals surface area (Å²) in [6, 6.07) is 26.7. The molecular weight excluding hydrogens is 511 g/mol. The van der Waals surface area contributed by atoms with Crippen LogP contribution in [0.25, 0.3) is 0 Å². The Hall–Kier alpha value is -3.69. The van der Waals surface area contributed by atoms with Crippen LogP contribution < -0.4 is 0 Å². The highest BCUT2D eigenvalue weighted by atomic mass is 19.4. The number of ether oxygens (including phenoxy) is 1. The van der Waals surface area contributed by atoms with Crippen LogP contribution in [0.1, 0.15) is 41.0 Å². The van der Waals surface area contributed by atoms with Gasteiger partial charge in [-0.25, -0.2) is 9.59 Å². The summed E-state index contributed by atoms with van der Waals surface area (Å²) < 4.78 is 46.0. The molecular formula is C30H30F3NO5. The monoisotopic (exact) mass is 541 g/mol. The number of rotatable bonds is 6. The van der Waals surface area contributed by atoms with Crippen LogP contribution >= 0.6 is 0 Å². The summed E-state index contributed by atoms with van der Waals surface area (Å²) in [4.78, 5) is 20.7. The highest BCUT2D eigenvalue weighted by molar-refractivity contribution is 6.27. The molecule has 3 heterocycles. The Morgan fingerprint density at radius 2 is 1.38 bits per heavy atom. The number of carbonyl (C=O) groups is 2. The number of aliphatic carboxylic acids is 2. The molecule has 206 valence electrons. The summed E-state index contributed by atoms with van der Waals surface area (Å²) >= 11 is 0. The van der Waals surface area contributed by atoms with Gasteiger partial charge in [-0.1, -0.05) is 72.8 Å². The summed E-state index contributed by atoms with van der Waals surface area (Å²) in [5.41, 5.74) is 2.43. The Labute approximate surface area is 224 Å². The number of hydrogen-bond donors (Lipinski definition) is 2. The van der Waals surface area contributed by atoms with Gasteiger partial charge in [0, 0.05) is 12.0 Å². The number of benzene rings is 3. The number of halogens is 3. The molecule has 0 radical (unpaired) electrons. The van der Waals surface area contributed by atoms with E-state index in [9.17, 15) is 13.2 Å². The number of fused-ring (bicyclic) bond motifs is 3. The number of nitrogens with zero attached hydrogens (tertiary/aromatic N) is 1. The smallest absolute Gasteiger partial charge is 0.416 e. The lowest BCUT2D eigenvalue weighted by molar-refractivity contribution is -0.159. The fourth-order valence-corrected chi connectivity index (χ4v) is 5.61. The quantitative estimate of drug-likeness (QED) is 0.391. The first kappa shape index (κ1) is 28.3. The van der Waals surface area contributed by atoms with Crippen molar-refractivity contribution in [3.05, 3.63) is 107 Å². The molecule has 2 N–H and O–H groups in total. The van der Waals surface area contributed by atoms with Gasteiger partial charge in [-0.3, -0.25) is 4.90 Å². The molecule has 9 heteroatoms. The van der Waals surface area contributed by atoms with Gasteiger partial charge in [0.15, 0.2) is 0 Å². The van der Waals surface area contributed by atoms with Crippen LogP contribution in [-0.4, -0.2) is 52.3 Å². The molecule has 2 unspecified atom stereocenters. The number of piperidine rings is 3. The largest absolute Gasteiger partial charge is 0.473 e. The average molecular weight is 542 g/mol. The zero-order valence-electron chi connectivity index (χ0n) is 21.1. The normalized spacial score (nSPS) is 22.2. The van der Waals surface area contributed by atoms with Crippen LogP contribution in [-0.2, 0) is 27.1 Å². The summed E-state index contributed by atoms with van der Waals surface area (Å²) in [5.74, 6) is -3.09. The van der Waals surface area contributed by atoms with Crippen molar-refractivity contribution in [2.75, 3.05) is 13.1 Å². The number of carboxylic acid groups (broad SMARTS) is 2. The molecule has 0 aliphatic carbocycles. The van der Waals surface area contributed by atoms with Crippen molar-refractivity contribution < 1.29 is 37.7 Å². The van der Waals surface area contributed by atoms with Crippen molar-refractivity contribution in [3.63, 3.8) is 0 Å². The van der Waals surface area contributed by atoms with Gasteiger partial charge in [0.2, 0.25) is 0 Å². The van der Waals surface area contributed by atoms with Gasteiger partial charge in [0.25, 0.3) is 0 Å². The third-order valence-corrected chi connectivity index (χ3v) is 7.34. The maximum Gasteiger partial charge on any atom is 0.416 e. The van der Waals surface area contributed by atoms with Crippen LogP contribution in [0.4, 0.5) is 13.2 Å². The zero-order chi connectivity index (χ0) is 28.0. The fraction of sp³-hybridized carbons (Fsp3) is 0.333. The molecule has 0 spiro atoms. The molecule has 3 aromatic carbocycles. The van der Waals surface area contributed by atoms with Gasteiger partial charge in [-0.15, -0.1) is 0 Å². The SMILES string of the molecule is FC(F)(F)c1cccc(COC2C3CCN(CC3)C2C(c2ccccc2)c2ccccc2)c1.O=C(O)C(=O)O. The second-order valence-corrected chi connectivity index (χ2v) is 9.75. The number of alkyl halides is 3. The lowest BCUT2D eigenvalue weighted by Gasteiger charge is -2.53. The molecule has 6 nitrogen and oxygen atoms in total. The Bertz CT molecular complexity index is 1190. The molecule has 3 fully saturated rings. The van der Waals surface area contributed by atoms with Gasteiger partial charge >= 0.3 is 18.1 Å². The average Bonchev–Trinajstić information content (AvgIpc) is 2.94. The molecule has 3 aromatic rings. The molecule has 3 aliphatic heterocycles. The van der Waals surface area contributed by atoms with Gasteiger partial charge in [0.1, 0.15) is 0 Å². The Morgan fingerprint density at radius 3 is 1.87 bits per heavy atom. The highest BCUT2D eigenvalue weighted by Crippen LogP contribution is 2.43. The summed E-state index contributed by atoms with van der Waals surface area (Å²) in [7, 11) is 0. The van der Waals surface area contributed by atoms with Crippen molar-refractivity contribution >= 4 is 11.9 Å². The summed E-state index contributed by atoms with van der Waals surface area (Å²) in [6.45, 7) is 2.26. The molecule has 0 amide bonds. The molecule has 39 heavy (non-hydrogen) atoms. The molecule has 2 bridgehead atoms. The first-order valence-corrected chi connectivity index (χ1v) is 12.7. The number of hydrogen-bond acceptors (Lipinski definition) is 4. The van der Waals surface area contributed by atoms with Gasteiger partial charge in [-0.2, -0.15) is 13.2 Å². The topological polar surface area (TPSA) is 87.1 Å². The first-order valence-electron chi connectivity index (χ1n) is 12.7. The van der Waals surface area contributed by atoms with Crippen LogP contribution in [0, 0.1) is 5.92 Å². The van der Waals surface area contributed by atoms with E-state index in [0.29, 0.717) is 11.5 Å². The maximum absolute atomic E-state index is 13.2. The van der Waals surface area contributed by atoms with Gasteiger partial charge in [0.05, 0.1) is 18.3 Å². The van der Waals surface area contributed by atoms with Crippen LogP contribution in [0.3, 0.4) is 0 Å². The van der Waals surface area contributed by atoms with Crippen molar-refractivity contribution in [2.45, 2.75) is 43.7 Å². The van der Waals surface area contributed by atoms with E-state index in [1.165, 1.54) is 23.3 Å². The third kappa shape index (κ3) is 7.04. The Kier molecular flexibility index (Phi) is 9.04. The maximum atomic E-state index is 13.2. The van der Waals surface area contributed by atoms with Crippen molar-refractivity contribution in [1.29, 1.82) is 0 Å². The number of carboxylic acids is 2. The van der Waals surface area contributed by atoms with Crippen molar-refractivity contribution in [3.8, 4) is 0 Å². The van der Waals surface area contributed by atoms with E-state index < -0.39 is 23.7 Å². The molecule has 2 atom stereocenters. The van der Waals surface area contributed by atoms with Crippen molar-refractivity contribution in [1.82, 2.24) is 4.90 Å². The highest BCUT2D eigenvalue weighted by Gasteiger charge is 2.47. The molecule has 3 aliphatic rings. The van der Waals surface area contributed by atoms with E-state index >= 15 is 0 Å². The van der Waals surface area contributed by atoms with Gasteiger partial charge in [-0.05, 0) is 60.7 Å². The van der Waals surface area contributed by atoms with E-state index in [0.717, 1.165) is 32.0 Å².